The van der Waals surface area contributed by atoms with Crippen LogP contribution in [0, 0.1) is 5.92 Å². The van der Waals surface area contributed by atoms with Gasteiger partial charge >= 0.3 is 0 Å². The van der Waals surface area contributed by atoms with Crippen molar-refractivity contribution >= 4 is 5.78 Å². The normalized spacial score (nSPS) is 24.0. The summed E-state index contributed by atoms with van der Waals surface area (Å²) in [6, 6.07) is 10.6. The zero-order valence-electron chi connectivity index (χ0n) is 12.2. The first kappa shape index (κ1) is 14.2. The Bertz CT molecular complexity index is 416. The SMILES string of the molecule is CC1CN(CC(=O)Cc2ccccc2)CC1N(C)C. The van der Waals surface area contributed by atoms with Crippen LogP contribution >= 0.6 is 0 Å². The predicted octanol–water partition coefficient (Wildman–Crippen LogP) is 1.68. The third-order valence-corrected chi connectivity index (χ3v) is 3.96. The van der Waals surface area contributed by atoms with Gasteiger partial charge in [-0.1, -0.05) is 37.3 Å². The predicted molar refractivity (Wildman–Crippen MR) is 78.2 cm³/mol. The van der Waals surface area contributed by atoms with Crippen molar-refractivity contribution < 1.29 is 4.79 Å². The average molecular weight is 260 g/mol. The van der Waals surface area contributed by atoms with Gasteiger partial charge in [0.2, 0.25) is 0 Å². The van der Waals surface area contributed by atoms with Crippen LogP contribution in [0.15, 0.2) is 30.3 Å². The molecule has 3 nitrogen and oxygen atoms in total. The van der Waals surface area contributed by atoms with Gasteiger partial charge in [0.15, 0.2) is 5.78 Å². The summed E-state index contributed by atoms with van der Waals surface area (Å²) >= 11 is 0. The number of benzene rings is 1. The molecule has 0 N–H and O–H groups in total. The van der Waals surface area contributed by atoms with E-state index in [2.05, 4.69) is 30.8 Å². The van der Waals surface area contributed by atoms with Gasteiger partial charge in [-0.05, 0) is 25.6 Å². The minimum atomic E-state index is 0.317. The number of likely N-dealkylation sites (tertiary alicyclic amines) is 1. The summed E-state index contributed by atoms with van der Waals surface area (Å²) in [4.78, 5) is 16.7. The molecule has 0 radical (unpaired) electrons. The van der Waals surface area contributed by atoms with E-state index in [1.165, 1.54) is 0 Å². The quantitative estimate of drug-likeness (QED) is 0.805. The van der Waals surface area contributed by atoms with Gasteiger partial charge in [0.25, 0.3) is 0 Å². The third kappa shape index (κ3) is 3.88. The average Bonchev–Trinajstić information content (AvgIpc) is 2.71. The summed E-state index contributed by atoms with van der Waals surface area (Å²) in [5.74, 6) is 0.956. The zero-order valence-corrected chi connectivity index (χ0v) is 12.2. The lowest BCUT2D eigenvalue weighted by atomic mass is 10.1. The molecule has 1 fully saturated rings. The molecule has 0 saturated carbocycles. The van der Waals surface area contributed by atoms with Crippen LogP contribution in [0.25, 0.3) is 0 Å². The molecule has 1 heterocycles. The molecule has 3 heteroatoms. The third-order valence-electron chi connectivity index (χ3n) is 3.96. The topological polar surface area (TPSA) is 23.6 Å². The zero-order chi connectivity index (χ0) is 13.8. The monoisotopic (exact) mass is 260 g/mol. The van der Waals surface area contributed by atoms with E-state index < -0.39 is 0 Å². The fourth-order valence-corrected chi connectivity index (χ4v) is 2.98. The van der Waals surface area contributed by atoms with Crippen LogP contribution in [0.1, 0.15) is 12.5 Å². The summed E-state index contributed by atoms with van der Waals surface area (Å²) in [7, 11) is 4.24. The molecule has 1 aromatic rings. The van der Waals surface area contributed by atoms with E-state index in [-0.39, 0.29) is 0 Å². The summed E-state index contributed by atoms with van der Waals surface area (Å²) < 4.78 is 0. The second-order valence-corrected chi connectivity index (χ2v) is 5.90. The maximum absolute atomic E-state index is 12.1. The molecule has 2 unspecified atom stereocenters. The minimum absolute atomic E-state index is 0.317. The maximum Gasteiger partial charge on any atom is 0.151 e. The molecule has 0 amide bonds. The Morgan fingerprint density at radius 2 is 1.95 bits per heavy atom. The van der Waals surface area contributed by atoms with Crippen molar-refractivity contribution in [1.29, 1.82) is 0 Å². The van der Waals surface area contributed by atoms with Gasteiger partial charge in [0.05, 0.1) is 6.54 Å². The Balaban J connectivity index is 1.84. The van der Waals surface area contributed by atoms with Gasteiger partial charge in [-0.3, -0.25) is 9.69 Å². The van der Waals surface area contributed by atoms with Gasteiger partial charge in [-0.2, -0.15) is 0 Å². The lowest BCUT2D eigenvalue weighted by molar-refractivity contribution is -0.119. The van der Waals surface area contributed by atoms with Crippen LogP contribution in [0.4, 0.5) is 0 Å². The first-order valence-corrected chi connectivity index (χ1v) is 7.00. The first-order chi connectivity index (χ1) is 9.06. The number of hydrogen-bond acceptors (Lipinski definition) is 3. The molecule has 1 aliphatic heterocycles. The Kier molecular flexibility index (Phi) is 4.72. The molecule has 19 heavy (non-hydrogen) atoms. The highest BCUT2D eigenvalue weighted by molar-refractivity contribution is 5.82. The minimum Gasteiger partial charge on any atom is -0.305 e. The van der Waals surface area contributed by atoms with Gasteiger partial charge in [-0.25, -0.2) is 0 Å². The molecular weight excluding hydrogens is 236 g/mol. The van der Waals surface area contributed by atoms with E-state index in [9.17, 15) is 4.79 Å². The lowest BCUT2D eigenvalue weighted by Crippen LogP contribution is -2.35. The molecule has 2 atom stereocenters. The highest BCUT2D eigenvalue weighted by atomic mass is 16.1. The smallest absolute Gasteiger partial charge is 0.151 e. The summed E-state index contributed by atoms with van der Waals surface area (Å²) in [5, 5.41) is 0. The molecule has 1 aromatic carbocycles. The van der Waals surface area contributed by atoms with Gasteiger partial charge in [-0.15, -0.1) is 0 Å². The Morgan fingerprint density at radius 3 is 2.53 bits per heavy atom. The lowest BCUT2D eigenvalue weighted by Gasteiger charge is -2.22. The Morgan fingerprint density at radius 1 is 1.26 bits per heavy atom. The van der Waals surface area contributed by atoms with Crippen molar-refractivity contribution in [3.63, 3.8) is 0 Å². The summed E-state index contributed by atoms with van der Waals surface area (Å²) in [6.45, 7) is 4.90. The van der Waals surface area contributed by atoms with Crippen LogP contribution in [0.2, 0.25) is 0 Å². The maximum atomic E-state index is 12.1. The van der Waals surface area contributed by atoms with E-state index in [0.29, 0.717) is 30.7 Å². The molecule has 0 aliphatic carbocycles. The van der Waals surface area contributed by atoms with Crippen molar-refractivity contribution in [2.24, 2.45) is 5.92 Å². The van der Waals surface area contributed by atoms with Crippen LogP contribution in [-0.2, 0) is 11.2 Å². The number of likely N-dealkylation sites (N-methyl/N-ethyl adjacent to an activating group) is 1. The fourth-order valence-electron chi connectivity index (χ4n) is 2.98. The van der Waals surface area contributed by atoms with E-state index in [1.807, 2.05) is 30.3 Å². The van der Waals surface area contributed by atoms with Gasteiger partial charge in [0.1, 0.15) is 0 Å². The van der Waals surface area contributed by atoms with E-state index in [4.69, 9.17) is 0 Å². The van der Waals surface area contributed by atoms with Gasteiger partial charge < -0.3 is 4.90 Å². The van der Waals surface area contributed by atoms with Gasteiger partial charge in [0, 0.05) is 25.6 Å². The Labute approximate surface area is 116 Å². The van der Waals surface area contributed by atoms with Crippen LogP contribution < -0.4 is 0 Å². The molecular formula is C16H24N2O. The van der Waals surface area contributed by atoms with Crippen molar-refractivity contribution in [3.05, 3.63) is 35.9 Å². The number of carbonyl (C=O) groups excluding carboxylic acids is 1. The highest BCUT2D eigenvalue weighted by Crippen LogP contribution is 2.19. The van der Waals surface area contributed by atoms with Crippen LogP contribution in [-0.4, -0.2) is 55.4 Å². The second-order valence-electron chi connectivity index (χ2n) is 5.90. The van der Waals surface area contributed by atoms with E-state index >= 15 is 0 Å². The molecule has 104 valence electrons. The highest BCUT2D eigenvalue weighted by Gasteiger charge is 2.31. The number of hydrogen-bond donors (Lipinski definition) is 0. The largest absolute Gasteiger partial charge is 0.305 e. The molecule has 1 aliphatic rings. The number of carbonyl (C=O) groups is 1. The van der Waals surface area contributed by atoms with Crippen molar-refractivity contribution in [2.45, 2.75) is 19.4 Å². The summed E-state index contributed by atoms with van der Waals surface area (Å²) in [5.41, 5.74) is 1.11. The molecule has 2 rings (SSSR count). The van der Waals surface area contributed by atoms with Crippen LogP contribution in [0.5, 0.6) is 0 Å². The first-order valence-electron chi connectivity index (χ1n) is 7.00. The molecule has 0 aromatic heterocycles. The van der Waals surface area contributed by atoms with Crippen molar-refractivity contribution in [1.82, 2.24) is 9.80 Å². The standard InChI is InChI=1S/C16H24N2O/c1-13-10-18(12-16(13)17(2)3)11-15(19)9-14-7-5-4-6-8-14/h4-8,13,16H,9-12H2,1-3H3. The number of Topliss-reactive ketones (excluding diaryl/α,β-unsaturated/α-hetero) is 1. The van der Waals surface area contributed by atoms with E-state index in [0.717, 1.165) is 18.7 Å². The fraction of sp³-hybridized carbons (Fsp3) is 0.562. The number of rotatable bonds is 5. The molecule has 0 bridgehead atoms. The number of nitrogens with zero attached hydrogens (tertiary/aromatic N) is 2. The van der Waals surface area contributed by atoms with Crippen LogP contribution in [0.3, 0.4) is 0 Å². The second kappa shape index (κ2) is 6.31. The summed E-state index contributed by atoms with van der Waals surface area (Å²) in [6.07, 6.45) is 0.554. The van der Waals surface area contributed by atoms with Crippen molar-refractivity contribution in [3.8, 4) is 0 Å². The number of ketones is 1. The molecule has 1 saturated heterocycles. The van der Waals surface area contributed by atoms with Crippen molar-refractivity contribution in [2.75, 3.05) is 33.7 Å². The Hall–Kier alpha value is -1.19. The molecule has 0 spiro atoms. The van der Waals surface area contributed by atoms with E-state index in [1.54, 1.807) is 0 Å².